The van der Waals surface area contributed by atoms with E-state index in [1.807, 2.05) is 18.2 Å². The normalized spacial score (nSPS) is 11.9. The molecule has 3 nitrogen and oxygen atoms in total. The van der Waals surface area contributed by atoms with Gasteiger partial charge in [-0.25, -0.2) is 4.79 Å². The van der Waals surface area contributed by atoms with E-state index in [4.69, 9.17) is 0 Å². The maximum atomic E-state index is 11.2. The lowest BCUT2D eigenvalue weighted by Gasteiger charge is -2.13. The van der Waals surface area contributed by atoms with Crippen LogP contribution >= 0.6 is 0 Å². The van der Waals surface area contributed by atoms with E-state index in [-0.39, 0.29) is 12.0 Å². The van der Waals surface area contributed by atoms with Crippen molar-refractivity contribution in [2.45, 2.75) is 26.3 Å². The van der Waals surface area contributed by atoms with Crippen molar-refractivity contribution in [3.8, 4) is 0 Å². The molecule has 1 N–H and O–H groups in total. The van der Waals surface area contributed by atoms with Crippen LogP contribution in [0.25, 0.3) is 0 Å². The number of rotatable bonds is 4. The number of carbonyl (C=O) groups excluding carboxylic acids is 1. The number of carbonyl (C=O) groups is 1. The molecule has 1 unspecified atom stereocenters. The molecule has 0 saturated carbocycles. The number of methoxy groups -OCH3 is 1. The molecule has 15 heavy (non-hydrogen) atoms. The van der Waals surface area contributed by atoms with Crippen molar-refractivity contribution in [1.82, 2.24) is 0 Å². The molecule has 0 aromatic heterocycles. The number of hydrogen-bond donors (Lipinski definition) is 1. The van der Waals surface area contributed by atoms with Gasteiger partial charge in [0.15, 0.2) is 0 Å². The molecule has 1 rings (SSSR count). The average molecular weight is 207 g/mol. The molecule has 0 aliphatic carbocycles. The van der Waals surface area contributed by atoms with Crippen molar-refractivity contribution < 1.29 is 9.53 Å². The lowest BCUT2D eigenvalue weighted by atomic mass is 10.1. The highest BCUT2D eigenvalue weighted by Crippen LogP contribution is 2.12. The Balaban J connectivity index is 2.67. The minimum Gasteiger partial charge on any atom is -0.467 e. The minimum absolute atomic E-state index is 0.253. The van der Waals surface area contributed by atoms with Crippen molar-refractivity contribution in [2.24, 2.45) is 0 Å². The Kier molecular flexibility index (Phi) is 4.16. The summed E-state index contributed by atoms with van der Waals surface area (Å²) in [5.74, 6) is -0.253. The fraction of sp³-hybridized carbons (Fsp3) is 0.417. The van der Waals surface area contributed by atoms with Gasteiger partial charge in [-0.15, -0.1) is 0 Å². The topological polar surface area (TPSA) is 38.3 Å². The van der Waals surface area contributed by atoms with Crippen molar-refractivity contribution in [3.63, 3.8) is 0 Å². The molecule has 0 fully saturated rings. The maximum absolute atomic E-state index is 11.2. The minimum atomic E-state index is -0.317. The van der Waals surface area contributed by atoms with E-state index >= 15 is 0 Å². The summed E-state index contributed by atoms with van der Waals surface area (Å²) in [6.45, 7) is 3.88. The first kappa shape index (κ1) is 11.6. The molecule has 0 bridgehead atoms. The number of ether oxygens (including phenoxy) is 1. The monoisotopic (exact) mass is 207 g/mol. The largest absolute Gasteiger partial charge is 0.467 e. The van der Waals surface area contributed by atoms with Crippen molar-refractivity contribution in [2.75, 3.05) is 12.4 Å². The molecule has 1 aromatic carbocycles. The van der Waals surface area contributed by atoms with Crippen LogP contribution in [0, 0.1) is 0 Å². The number of nitrogens with one attached hydrogen (secondary N) is 1. The quantitative estimate of drug-likeness (QED) is 0.769. The van der Waals surface area contributed by atoms with Crippen LogP contribution in [0.15, 0.2) is 24.3 Å². The number of esters is 1. The molecule has 82 valence electrons. The Hall–Kier alpha value is -1.51. The maximum Gasteiger partial charge on any atom is 0.327 e. The highest BCUT2D eigenvalue weighted by molar-refractivity contribution is 5.78. The summed E-state index contributed by atoms with van der Waals surface area (Å²) in [6.07, 6.45) is 0.988. The first-order valence-corrected chi connectivity index (χ1v) is 5.10. The second-order valence-electron chi connectivity index (χ2n) is 3.44. The number of aryl methyl sites for hydroxylation is 1. The summed E-state index contributed by atoms with van der Waals surface area (Å²) in [4.78, 5) is 11.2. The van der Waals surface area contributed by atoms with Crippen LogP contribution in [-0.2, 0) is 16.0 Å². The zero-order valence-corrected chi connectivity index (χ0v) is 9.41. The predicted octanol–water partition coefficient (Wildman–Crippen LogP) is 2.22. The third kappa shape index (κ3) is 3.27. The van der Waals surface area contributed by atoms with Gasteiger partial charge in [0, 0.05) is 5.69 Å². The summed E-state index contributed by atoms with van der Waals surface area (Å²) >= 11 is 0. The molecule has 1 atom stereocenters. The molecular weight excluding hydrogens is 190 g/mol. The highest BCUT2D eigenvalue weighted by Gasteiger charge is 2.11. The van der Waals surface area contributed by atoms with Crippen LogP contribution in [0.5, 0.6) is 0 Å². The smallest absolute Gasteiger partial charge is 0.327 e. The van der Waals surface area contributed by atoms with E-state index < -0.39 is 0 Å². The summed E-state index contributed by atoms with van der Waals surface area (Å²) in [6, 6.07) is 7.71. The van der Waals surface area contributed by atoms with Crippen molar-refractivity contribution in [1.29, 1.82) is 0 Å². The van der Waals surface area contributed by atoms with Crippen molar-refractivity contribution in [3.05, 3.63) is 29.8 Å². The SMILES string of the molecule is CCc1cccc(NC(C)C(=O)OC)c1. The lowest BCUT2D eigenvalue weighted by molar-refractivity contribution is -0.141. The van der Waals surface area contributed by atoms with E-state index in [0.29, 0.717) is 0 Å². The van der Waals surface area contributed by atoms with Crippen LogP contribution in [0.2, 0.25) is 0 Å². The second-order valence-corrected chi connectivity index (χ2v) is 3.44. The average Bonchev–Trinajstić information content (AvgIpc) is 2.28. The van der Waals surface area contributed by atoms with Gasteiger partial charge in [0.2, 0.25) is 0 Å². The summed E-state index contributed by atoms with van der Waals surface area (Å²) in [5.41, 5.74) is 2.20. The van der Waals surface area contributed by atoms with Gasteiger partial charge in [0.25, 0.3) is 0 Å². The first-order chi connectivity index (χ1) is 7.17. The van der Waals surface area contributed by atoms with Crippen LogP contribution in [0.1, 0.15) is 19.4 Å². The zero-order chi connectivity index (χ0) is 11.3. The Labute approximate surface area is 90.4 Å². The molecule has 3 heteroatoms. The third-order valence-corrected chi connectivity index (χ3v) is 2.27. The molecule has 0 amide bonds. The van der Waals surface area contributed by atoms with Crippen LogP contribution in [0.4, 0.5) is 5.69 Å². The molecule has 0 aliphatic heterocycles. The third-order valence-electron chi connectivity index (χ3n) is 2.27. The fourth-order valence-electron chi connectivity index (χ4n) is 1.37. The zero-order valence-electron chi connectivity index (χ0n) is 9.41. The van der Waals surface area contributed by atoms with E-state index in [1.54, 1.807) is 6.92 Å². The van der Waals surface area contributed by atoms with Crippen LogP contribution in [0.3, 0.4) is 0 Å². The van der Waals surface area contributed by atoms with Crippen LogP contribution < -0.4 is 5.32 Å². The number of benzene rings is 1. The van der Waals surface area contributed by atoms with Gasteiger partial charge in [0.05, 0.1) is 7.11 Å². The Bertz CT molecular complexity index is 336. The summed E-state index contributed by atoms with van der Waals surface area (Å²) < 4.78 is 4.64. The molecule has 0 heterocycles. The van der Waals surface area contributed by atoms with Gasteiger partial charge < -0.3 is 10.1 Å². The van der Waals surface area contributed by atoms with E-state index in [1.165, 1.54) is 12.7 Å². The number of anilines is 1. The summed E-state index contributed by atoms with van der Waals surface area (Å²) in [7, 11) is 1.39. The van der Waals surface area contributed by atoms with E-state index in [0.717, 1.165) is 12.1 Å². The van der Waals surface area contributed by atoms with Gasteiger partial charge in [-0.2, -0.15) is 0 Å². The van der Waals surface area contributed by atoms with E-state index in [2.05, 4.69) is 23.0 Å². The van der Waals surface area contributed by atoms with Gasteiger partial charge in [-0.3, -0.25) is 0 Å². The van der Waals surface area contributed by atoms with Gasteiger partial charge in [0.1, 0.15) is 6.04 Å². The molecular formula is C12H17NO2. The predicted molar refractivity (Wildman–Crippen MR) is 60.9 cm³/mol. The van der Waals surface area contributed by atoms with E-state index in [9.17, 15) is 4.79 Å². The molecule has 0 aliphatic rings. The fourth-order valence-corrected chi connectivity index (χ4v) is 1.37. The summed E-state index contributed by atoms with van der Waals surface area (Å²) in [5, 5.41) is 3.09. The second kappa shape index (κ2) is 5.39. The molecule has 1 aromatic rings. The van der Waals surface area contributed by atoms with Gasteiger partial charge in [-0.05, 0) is 31.0 Å². The van der Waals surface area contributed by atoms with Crippen molar-refractivity contribution >= 4 is 11.7 Å². The lowest BCUT2D eigenvalue weighted by Crippen LogP contribution is -2.27. The van der Waals surface area contributed by atoms with Gasteiger partial charge in [-0.1, -0.05) is 19.1 Å². The Morgan fingerprint density at radius 3 is 2.87 bits per heavy atom. The molecule has 0 saturated heterocycles. The highest BCUT2D eigenvalue weighted by atomic mass is 16.5. The van der Waals surface area contributed by atoms with Gasteiger partial charge >= 0.3 is 5.97 Å². The Morgan fingerprint density at radius 2 is 2.27 bits per heavy atom. The number of hydrogen-bond acceptors (Lipinski definition) is 3. The molecule has 0 spiro atoms. The Morgan fingerprint density at radius 1 is 1.53 bits per heavy atom. The standard InChI is InChI=1S/C12H17NO2/c1-4-10-6-5-7-11(8-10)13-9(2)12(14)15-3/h5-9,13H,4H2,1-3H3. The molecule has 0 radical (unpaired) electrons. The van der Waals surface area contributed by atoms with Crippen LogP contribution in [-0.4, -0.2) is 19.1 Å². The first-order valence-electron chi connectivity index (χ1n) is 5.10.